The van der Waals surface area contributed by atoms with Crippen molar-refractivity contribution in [2.45, 2.75) is 26.7 Å². The van der Waals surface area contributed by atoms with Gasteiger partial charge in [0.25, 0.3) is 5.91 Å². The third kappa shape index (κ3) is 5.26. The maximum Gasteiger partial charge on any atom is 0.255 e. The number of amides is 1. The van der Waals surface area contributed by atoms with Crippen molar-refractivity contribution in [3.05, 3.63) is 41.0 Å². The molecule has 0 bridgehead atoms. The van der Waals surface area contributed by atoms with Crippen LogP contribution in [0.25, 0.3) is 0 Å². The van der Waals surface area contributed by atoms with Crippen LogP contribution in [0.4, 0.5) is 11.5 Å². The average Bonchev–Trinajstić information content (AvgIpc) is 2.68. The first kappa shape index (κ1) is 20.8. The zero-order valence-electron chi connectivity index (χ0n) is 16.2. The van der Waals surface area contributed by atoms with Crippen LogP contribution in [0.3, 0.4) is 0 Å². The van der Waals surface area contributed by atoms with Crippen LogP contribution in [0, 0.1) is 0 Å². The Hall–Kier alpha value is -2.47. The lowest BCUT2D eigenvalue weighted by Crippen LogP contribution is -2.26. The number of methoxy groups -OCH3 is 2. The predicted molar refractivity (Wildman–Crippen MR) is 110 cm³/mol. The Morgan fingerprint density at radius 1 is 1.11 bits per heavy atom. The number of hydrogen-bond acceptors (Lipinski definition) is 5. The standard InChI is InChI=1S/C20H26ClN3O3/c1-5-9-24(10-6-2)19-11-14(7-8-22-19)20(25)23-16-13-17(26-3)15(21)12-18(16)27-4/h7-8,11-13H,5-6,9-10H2,1-4H3,(H,23,25). The number of rotatable bonds is 9. The van der Waals surface area contributed by atoms with Gasteiger partial charge in [0.2, 0.25) is 0 Å². The minimum Gasteiger partial charge on any atom is -0.495 e. The van der Waals surface area contributed by atoms with E-state index in [0.717, 1.165) is 31.7 Å². The fraction of sp³-hybridized carbons (Fsp3) is 0.400. The number of carbonyl (C=O) groups excluding carboxylic acids is 1. The summed E-state index contributed by atoms with van der Waals surface area (Å²) >= 11 is 6.12. The summed E-state index contributed by atoms with van der Waals surface area (Å²) in [7, 11) is 3.04. The molecule has 1 amide bonds. The summed E-state index contributed by atoms with van der Waals surface area (Å²) < 4.78 is 10.5. The van der Waals surface area contributed by atoms with Gasteiger partial charge in [-0.3, -0.25) is 4.79 Å². The van der Waals surface area contributed by atoms with Crippen molar-refractivity contribution in [1.82, 2.24) is 4.98 Å². The summed E-state index contributed by atoms with van der Waals surface area (Å²) in [5.41, 5.74) is 1.01. The zero-order chi connectivity index (χ0) is 19.8. The molecule has 0 radical (unpaired) electrons. The highest BCUT2D eigenvalue weighted by molar-refractivity contribution is 6.32. The van der Waals surface area contributed by atoms with Crippen LogP contribution in [0.1, 0.15) is 37.0 Å². The fourth-order valence-electron chi connectivity index (χ4n) is 2.77. The fourth-order valence-corrected chi connectivity index (χ4v) is 3.00. The van der Waals surface area contributed by atoms with Gasteiger partial charge in [0.05, 0.1) is 24.9 Å². The number of nitrogens with zero attached hydrogens (tertiary/aromatic N) is 2. The molecule has 27 heavy (non-hydrogen) atoms. The Labute approximate surface area is 165 Å². The number of nitrogens with one attached hydrogen (secondary N) is 1. The third-order valence-electron chi connectivity index (χ3n) is 4.04. The molecule has 1 aromatic heterocycles. The molecule has 0 aliphatic rings. The molecule has 2 rings (SSSR count). The summed E-state index contributed by atoms with van der Waals surface area (Å²) in [6.07, 6.45) is 3.68. The van der Waals surface area contributed by atoms with Gasteiger partial charge in [0, 0.05) is 37.0 Å². The molecule has 0 spiro atoms. The van der Waals surface area contributed by atoms with E-state index in [1.807, 2.05) is 0 Å². The van der Waals surface area contributed by atoms with Crippen molar-refractivity contribution in [3.8, 4) is 11.5 Å². The average molecular weight is 392 g/mol. The molecule has 0 aliphatic heterocycles. The van der Waals surface area contributed by atoms with Crippen molar-refractivity contribution in [3.63, 3.8) is 0 Å². The summed E-state index contributed by atoms with van der Waals surface area (Å²) in [4.78, 5) is 19.4. The van der Waals surface area contributed by atoms with Gasteiger partial charge in [-0.15, -0.1) is 0 Å². The first-order chi connectivity index (χ1) is 13.0. The maximum absolute atomic E-state index is 12.8. The Bertz CT molecular complexity index is 777. The predicted octanol–water partition coefficient (Wildman–Crippen LogP) is 4.63. The first-order valence-electron chi connectivity index (χ1n) is 8.97. The molecule has 1 heterocycles. The SMILES string of the molecule is CCCN(CCC)c1cc(C(=O)Nc2cc(OC)c(Cl)cc2OC)ccn1. The Kier molecular flexibility index (Phi) is 7.73. The quantitative estimate of drug-likeness (QED) is 0.675. The van der Waals surface area contributed by atoms with Crippen LogP contribution < -0.4 is 19.7 Å². The number of anilines is 2. The molecule has 7 heteroatoms. The Balaban J connectivity index is 2.27. The van der Waals surface area contributed by atoms with Crippen molar-refractivity contribution in [1.29, 1.82) is 0 Å². The first-order valence-corrected chi connectivity index (χ1v) is 9.35. The molecular formula is C20H26ClN3O3. The number of halogens is 1. The van der Waals surface area contributed by atoms with E-state index in [1.165, 1.54) is 14.2 Å². The molecule has 146 valence electrons. The molecule has 0 aliphatic carbocycles. The van der Waals surface area contributed by atoms with Gasteiger partial charge in [0.1, 0.15) is 17.3 Å². The summed E-state index contributed by atoms with van der Waals surface area (Å²) in [5, 5.41) is 3.27. The minimum atomic E-state index is -0.255. The van der Waals surface area contributed by atoms with E-state index in [0.29, 0.717) is 27.8 Å². The van der Waals surface area contributed by atoms with Gasteiger partial charge >= 0.3 is 0 Å². The Morgan fingerprint density at radius 2 is 1.78 bits per heavy atom. The van der Waals surface area contributed by atoms with Crippen molar-refractivity contribution >= 4 is 29.0 Å². The Morgan fingerprint density at radius 3 is 2.37 bits per heavy atom. The van der Waals surface area contributed by atoms with Gasteiger partial charge in [-0.2, -0.15) is 0 Å². The van der Waals surface area contributed by atoms with Crippen LogP contribution in [0.15, 0.2) is 30.5 Å². The lowest BCUT2D eigenvalue weighted by atomic mass is 10.2. The molecule has 6 nitrogen and oxygen atoms in total. The molecule has 0 unspecified atom stereocenters. The van der Waals surface area contributed by atoms with E-state index in [4.69, 9.17) is 21.1 Å². The van der Waals surface area contributed by atoms with Crippen molar-refractivity contribution in [2.24, 2.45) is 0 Å². The van der Waals surface area contributed by atoms with Crippen LogP contribution in [-0.4, -0.2) is 38.2 Å². The number of ether oxygens (including phenoxy) is 2. The van der Waals surface area contributed by atoms with E-state index in [2.05, 4.69) is 29.0 Å². The van der Waals surface area contributed by atoms with Crippen LogP contribution >= 0.6 is 11.6 Å². The molecule has 2 aromatic rings. The van der Waals surface area contributed by atoms with Gasteiger partial charge in [-0.25, -0.2) is 4.98 Å². The smallest absolute Gasteiger partial charge is 0.255 e. The highest BCUT2D eigenvalue weighted by Gasteiger charge is 2.15. The summed E-state index contributed by atoms with van der Waals surface area (Å²) in [6, 6.07) is 6.74. The summed E-state index contributed by atoms with van der Waals surface area (Å²) in [5.74, 6) is 1.46. The molecule has 1 N–H and O–H groups in total. The van der Waals surface area contributed by atoms with Crippen LogP contribution in [-0.2, 0) is 0 Å². The highest BCUT2D eigenvalue weighted by Crippen LogP contribution is 2.36. The number of carbonyl (C=O) groups is 1. The molecule has 0 atom stereocenters. The second-order valence-corrected chi connectivity index (χ2v) is 6.44. The molecule has 0 saturated carbocycles. The minimum absolute atomic E-state index is 0.255. The molecule has 0 saturated heterocycles. The van der Waals surface area contributed by atoms with Gasteiger partial charge in [0.15, 0.2) is 0 Å². The molecular weight excluding hydrogens is 366 g/mol. The number of pyridine rings is 1. The zero-order valence-corrected chi connectivity index (χ0v) is 17.0. The van der Waals surface area contributed by atoms with Crippen molar-refractivity contribution < 1.29 is 14.3 Å². The van der Waals surface area contributed by atoms with E-state index in [1.54, 1.807) is 30.5 Å². The van der Waals surface area contributed by atoms with Gasteiger partial charge < -0.3 is 19.7 Å². The second-order valence-electron chi connectivity index (χ2n) is 6.03. The van der Waals surface area contributed by atoms with Crippen LogP contribution in [0.5, 0.6) is 11.5 Å². The lowest BCUT2D eigenvalue weighted by Gasteiger charge is -2.22. The second kappa shape index (κ2) is 10.0. The van der Waals surface area contributed by atoms with Crippen molar-refractivity contribution in [2.75, 3.05) is 37.5 Å². The lowest BCUT2D eigenvalue weighted by molar-refractivity contribution is 0.102. The van der Waals surface area contributed by atoms with E-state index < -0.39 is 0 Å². The summed E-state index contributed by atoms with van der Waals surface area (Å²) in [6.45, 7) is 6.04. The topological polar surface area (TPSA) is 63.7 Å². The number of hydrogen-bond donors (Lipinski definition) is 1. The monoisotopic (exact) mass is 391 g/mol. The largest absolute Gasteiger partial charge is 0.495 e. The van der Waals surface area contributed by atoms with Crippen LogP contribution in [0.2, 0.25) is 5.02 Å². The van der Waals surface area contributed by atoms with E-state index >= 15 is 0 Å². The maximum atomic E-state index is 12.8. The van der Waals surface area contributed by atoms with E-state index in [9.17, 15) is 4.79 Å². The molecule has 0 fully saturated rings. The number of aromatic nitrogens is 1. The van der Waals surface area contributed by atoms with Gasteiger partial charge in [-0.1, -0.05) is 25.4 Å². The highest BCUT2D eigenvalue weighted by atomic mass is 35.5. The third-order valence-corrected chi connectivity index (χ3v) is 4.34. The van der Waals surface area contributed by atoms with E-state index in [-0.39, 0.29) is 5.91 Å². The molecule has 1 aromatic carbocycles. The van der Waals surface area contributed by atoms with Gasteiger partial charge in [-0.05, 0) is 25.0 Å². The number of benzene rings is 1. The normalized spacial score (nSPS) is 10.4.